The molecule has 2 atom stereocenters. The van der Waals surface area contributed by atoms with E-state index in [0.29, 0.717) is 12.0 Å². The highest BCUT2D eigenvalue weighted by atomic mass is 16.5. The molecule has 1 fully saturated rings. The first-order valence-electron chi connectivity index (χ1n) is 4.53. The van der Waals surface area contributed by atoms with E-state index in [1.54, 1.807) is 0 Å². The summed E-state index contributed by atoms with van der Waals surface area (Å²) in [5, 5.41) is 0. The van der Waals surface area contributed by atoms with Gasteiger partial charge in [0.05, 0.1) is 12.7 Å². The van der Waals surface area contributed by atoms with E-state index in [9.17, 15) is 0 Å². The van der Waals surface area contributed by atoms with E-state index in [0.717, 1.165) is 6.61 Å². The van der Waals surface area contributed by atoms with Gasteiger partial charge in [0.2, 0.25) is 0 Å². The van der Waals surface area contributed by atoms with Crippen LogP contribution < -0.4 is 0 Å². The second kappa shape index (κ2) is 3.28. The molecule has 0 spiro atoms. The van der Waals surface area contributed by atoms with Crippen molar-refractivity contribution >= 4 is 0 Å². The summed E-state index contributed by atoms with van der Waals surface area (Å²) in [5.74, 6) is 0.626. The third kappa shape index (κ3) is 1.51. The number of benzene rings is 1. The minimum absolute atomic E-state index is 0.440. The standard InChI is InChI=1S/C11H14O/c1-9-7-11(8-12-9)10-5-3-2-4-6-10/h2-6,9,11H,7-8H2,1H3/t9-,11?/m0/s1. The summed E-state index contributed by atoms with van der Waals surface area (Å²) in [5.41, 5.74) is 1.42. The van der Waals surface area contributed by atoms with Crippen molar-refractivity contribution in [3.05, 3.63) is 35.9 Å². The SMILES string of the molecule is C[C@H]1CC(c2ccccc2)CO1. The lowest BCUT2D eigenvalue weighted by Gasteiger charge is -2.06. The first-order chi connectivity index (χ1) is 5.86. The fourth-order valence-electron chi connectivity index (χ4n) is 1.77. The topological polar surface area (TPSA) is 9.23 Å². The van der Waals surface area contributed by atoms with Crippen LogP contribution in [-0.2, 0) is 4.74 Å². The molecule has 0 aliphatic carbocycles. The smallest absolute Gasteiger partial charge is 0.0554 e. The zero-order valence-electron chi connectivity index (χ0n) is 7.36. The van der Waals surface area contributed by atoms with Gasteiger partial charge in [-0.1, -0.05) is 30.3 Å². The summed E-state index contributed by atoms with van der Waals surface area (Å²) in [6, 6.07) is 10.6. The lowest BCUT2D eigenvalue weighted by Crippen LogP contribution is -1.96. The fraction of sp³-hybridized carbons (Fsp3) is 0.455. The normalized spacial score (nSPS) is 29.1. The summed E-state index contributed by atoms with van der Waals surface area (Å²) in [6.45, 7) is 3.04. The van der Waals surface area contributed by atoms with Gasteiger partial charge in [-0.15, -0.1) is 0 Å². The van der Waals surface area contributed by atoms with Gasteiger partial charge in [-0.05, 0) is 18.9 Å². The molecule has 12 heavy (non-hydrogen) atoms. The lowest BCUT2D eigenvalue weighted by atomic mass is 9.97. The quantitative estimate of drug-likeness (QED) is 0.616. The van der Waals surface area contributed by atoms with E-state index in [2.05, 4.69) is 37.3 Å². The molecule has 2 rings (SSSR count). The first-order valence-corrected chi connectivity index (χ1v) is 4.53. The van der Waals surface area contributed by atoms with Crippen molar-refractivity contribution in [3.63, 3.8) is 0 Å². The molecule has 0 saturated carbocycles. The zero-order chi connectivity index (χ0) is 8.39. The molecule has 1 heterocycles. The average molecular weight is 162 g/mol. The van der Waals surface area contributed by atoms with Gasteiger partial charge in [-0.3, -0.25) is 0 Å². The van der Waals surface area contributed by atoms with Crippen LogP contribution >= 0.6 is 0 Å². The van der Waals surface area contributed by atoms with Crippen molar-refractivity contribution in [2.24, 2.45) is 0 Å². The first kappa shape index (κ1) is 7.81. The predicted octanol–water partition coefficient (Wildman–Crippen LogP) is 2.58. The molecule has 1 aromatic carbocycles. The van der Waals surface area contributed by atoms with Gasteiger partial charge in [-0.25, -0.2) is 0 Å². The van der Waals surface area contributed by atoms with Crippen molar-refractivity contribution in [2.75, 3.05) is 6.61 Å². The van der Waals surface area contributed by atoms with Crippen molar-refractivity contribution in [1.82, 2.24) is 0 Å². The summed E-state index contributed by atoms with van der Waals surface area (Å²) in [7, 11) is 0. The molecule has 64 valence electrons. The monoisotopic (exact) mass is 162 g/mol. The molecule has 0 N–H and O–H groups in total. The Morgan fingerprint density at radius 2 is 2.00 bits per heavy atom. The lowest BCUT2D eigenvalue weighted by molar-refractivity contribution is 0.123. The van der Waals surface area contributed by atoms with Crippen molar-refractivity contribution in [2.45, 2.75) is 25.4 Å². The third-order valence-corrected chi connectivity index (χ3v) is 2.47. The maximum Gasteiger partial charge on any atom is 0.0554 e. The molecule has 0 amide bonds. The van der Waals surface area contributed by atoms with Crippen LogP contribution in [0.15, 0.2) is 30.3 Å². The molecule has 0 radical (unpaired) electrons. The molecule has 1 aromatic rings. The Morgan fingerprint density at radius 1 is 1.25 bits per heavy atom. The molecule has 0 aromatic heterocycles. The van der Waals surface area contributed by atoms with Gasteiger partial charge in [0, 0.05) is 5.92 Å². The Balaban J connectivity index is 2.11. The minimum Gasteiger partial charge on any atom is -0.378 e. The van der Waals surface area contributed by atoms with E-state index < -0.39 is 0 Å². The Morgan fingerprint density at radius 3 is 2.58 bits per heavy atom. The second-order valence-corrected chi connectivity index (χ2v) is 3.49. The highest BCUT2D eigenvalue weighted by Crippen LogP contribution is 2.28. The molecule has 1 unspecified atom stereocenters. The Hall–Kier alpha value is -0.820. The predicted molar refractivity (Wildman–Crippen MR) is 49.2 cm³/mol. The van der Waals surface area contributed by atoms with Crippen LogP contribution in [0.5, 0.6) is 0 Å². The van der Waals surface area contributed by atoms with Gasteiger partial charge in [0.25, 0.3) is 0 Å². The average Bonchev–Trinajstić information content (AvgIpc) is 2.54. The van der Waals surface area contributed by atoms with E-state index in [1.807, 2.05) is 0 Å². The maximum atomic E-state index is 5.52. The molecule has 1 heteroatoms. The Labute approximate surface area is 73.4 Å². The summed E-state index contributed by atoms with van der Waals surface area (Å²) in [4.78, 5) is 0. The second-order valence-electron chi connectivity index (χ2n) is 3.49. The largest absolute Gasteiger partial charge is 0.378 e. The number of hydrogen-bond donors (Lipinski definition) is 0. The molecular formula is C11H14O. The van der Waals surface area contributed by atoms with Gasteiger partial charge >= 0.3 is 0 Å². The Kier molecular flexibility index (Phi) is 2.13. The number of rotatable bonds is 1. The zero-order valence-corrected chi connectivity index (χ0v) is 7.36. The maximum absolute atomic E-state index is 5.52. The Bertz CT molecular complexity index is 242. The van der Waals surface area contributed by atoms with Crippen molar-refractivity contribution in [1.29, 1.82) is 0 Å². The van der Waals surface area contributed by atoms with Crippen molar-refractivity contribution in [3.8, 4) is 0 Å². The van der Waals surface area contributed by atoms with E-state index in [-0.39, 0.29) is 0 Å². The highest BCUT2D eigenvalue weighted by molar-refractivity contribution is 5.20. The van der Waals surface area contributed by atoms with Gasteiger partial charge < -0.3 is 4.74 Å². The fourth-order valence-corrected chi connectivity index (χ4v) is 1.77. The van der Waals surface area contributed by atoms with E-state index >= 15 is 0 Å². The highest BCUT2D eigenvalue weighted by Gasteiger charge is 2.22. The van der Waals surface area contributed by atoms with Crippen LogP contribution in [0.4, 0.5) is 0 Å². The molecule has 1 nitrogen and oxygen atoms in total. The minimum atomic E-state index is 0.440. The summed E-state index contributed by atoms with van der Waals surface area (Å²) >= 11 is 0. The third-order valence-electron chi connectivity index (χ3n) is 2.47. The van der Waals surface area contributed by atoms with Crippen LogP contribution in [-0.4, -0.2) is 12.7 Å². The van der Waals surface area contributed by atoms with Crippen LogP contribution in [0.2, 0.25) is 0 Å². The van der Waals surface area contributed by atoms with Gasteiger partial charge in [-0.2, -0.15) is 0 Å². The van der Waals surface area contributed by atoms with Crippen molar-refractivity contribution < 1.29 is 4.74 Å². The summed E-state index contributed by atoms with van der Waals surface area (Å²) < 4.78 is 5.52. The van der Waals surface area contributed by atoms with Gasteiger partial charge in [0.15, 0.2) is 0 Å². The summed E-state index contributed by atoms with van der Waals surface area (Å²) in [6.07, 6.45) is 1.61. The molecular weight excluding hydrogens is 148 g/mol. The van der Waals surface area contributed by atoms with Crippen LogP contribution in [0, 0.1) is 0 Å². The van der Waals surface area contributed by atoms with E-state index in [1.165, 1.54) is 12.0 Å². The molecule has 1 aliphatic rings. The van der Waals surface area contributed by atoms with Crippen LogP contribution in [0.1, 0.15) is 24.8 Å². The van der Waals surface area contributed by atoms with E-state index in [4.69, 9.17) is 4.74 Å². The molecule has 1 aliphatic heterocycles. The number of ether oxygens (including phenoxy) is 1. The molecule has 1 saturated heterocycles. The van der Waals surface area contributed by atoms with Crippen LogP contribution in [0.3, 0.4) is 0 Å². The molecule has 0 bridgehead atoms. The van der Waals surface area contributed by atoms with Crippen LogP contribution in [0.25, 0.3) is 0 Å². The number of hydrogen-bond acceptors (Lipinski definition) is 1. The van der Waals surface area contributed by atoms with Gasteiger partial charge in [0.1, 0.15) is 0 Å².